The highest BCUT2D eigenvalue weighted by atomic mass is 14.1. The molecule has 0 unspecified atom stereocenters. The van der Waals surface area contributed by atoms with Crippen molar-refractivity contribution in [3.63, 3.8) is 0 Å². The molecule has 0 aliphatic rings. The fraction of sp³-hybridized carbons (Fsp3) is 0.400. The summed E-state index contributed by atoms with van der Waals surface area (Å²) in [7, 11) is 0. The molecule has 0 atom stereocenters. The summed E-state index contributed by atoms with van der Waals surface area (Å²) >= 11 is 0. The number of benzene rings is 2. The highest BCUT2D eigenvalue weighted by Gasteiger charge is 2.06. The van der Waals surface area contributed by atoms with Gasteiger partial charge in [-0.2, -0.15) is 0 Å². The van der Waals surface area contributed by atoms with Crippen LogP contribution in [0.5, 0.6) is 0 Å². The van der Waals surface area contributed by atoms with Crippen LogP contribution in [-0.2, 0) is 12.8 Å². The van der Waals surface area contributed by atoms with Crippen LogP contribution in [-0.4, -0.2) is 0 Å². The molecule has 0 aromatic heterocycles. The van der Waals surface area contributed by atoms with E-state index in [1.54, 1.807) is 0 Å². The average Bonchev–Trinajstić information content (AvgIpc) is 2.37. The fourth-order valence-corrected chi connectivity index (χ4v) is 3.04. The van der Waals surface area contributed by atoms with E-state index >= 15 is 0 Å². The molecule has 0 N–H and O–H groups in total. The summed E-state index contributed by atoms with van der Waals surface area (Å²) in [5.41, 5.74) is 11.5. The van der Waals surface area contributed by atoms with Gasteiger partial charge in [0.25, 0.3) is 0 Å². The van der Waals surface area contributed by atoms with Crippen LogP contribution in [0.15, 0.2) is 24.3 Å². The van der Waals surface area contributed by atoms with Crippen LogP contribution in [0.2, 0.25) is 0 Å². The Bertz CT molecular complexity index is 575. The van der Waals surface area contributed by atoms with Gasteiger partial charge in [0.2, 0.25) is 0 Å². The standard InChI is InChI=1S/C20H26/c1-13-9-15(3)17(5)19(11-13)7-8-20-12-14(2)10-16(4)18(20)6/h9-12H,7-8H2,1-6H3. The lowest BCUT2D eigenvalue weighted by Gasteiger charge is -2.13. The third-order valence-corrected chi connectivity index (χ3v) is 4.50. The van der Waals surface area contributed by atoms with Crippen LogP contribution < -0.4 is 0 Å². The van der Waals surface area contributed by atoms with Gasteiger partial charge >= 0.3 is 0 Å². The Hall–Kier alpha value is -1.56. The molecule has 106 valence electrons. The minimum atomic E-state index is 1.14. The van der Waals surface area contributed by atoms with Crippen LogP contribution in [0.25, 0.3) is 0 Å². The average molecular weight is 266 g/mol. The van der Waals surface area contributed by atoms with E-state index in [4.69, 9.17) is 0 Å². The highest BCUT2D eigenvalue weighted by Crippen LogP contribution is 2.21. The molecule has 2 rings (SSSR count). The Morgan fingerprint density at radius 2 is 0.900 bits per heavy atom. The summed E-state index contributed by atoms with van der Waals surface area (Å²) in [5.74, 6) is 0. The molecule has 0 aliphatic heterocycles. The van der Waals surface area contributed by atoms with E-state index in [-0.39, 0.29) is 0 Å². The van der Waals surface area contributed by atoms with Crippen LogP contribution in [0.4, 0.5) is 0 Å². The molecule has 0 spiro atoms. The second-order valence-electron chi connectivity index (χ2n) is 6.23. The van der Waals surface area contributed by atoms with E-state index in [0.717, 1.165) is 12.8 Å². The first-order chi connectivity index (χ1) is 9.38. The molecular weight excluding hydrogens is 240 g/mol. The van der Waals surface area contributed by atoms with Gasteiger partial charge in [-0.05, 0) is 87.8 Å². The molecule has 0 nitrogen and oxygen atoms in total. The van der Waals surface area contributed by atoms with E-state index in [1.807, 2.05) is 0 Å². The minimum absolute atomic E-state index is 1.14. The molecule has 20 heavy (non-hydrogen) atoms. The van der Waals surface area contributed by atoms with E-state index in [9.17, 15) is 0 Å². The van der Waals surface area contributed by atoms with Crippen molar-refractivity contribution in [3.8, 4) is 0 Å². The first-order valence-electron chi connectivity index (χ1n) is 7.52. The van der Waals surface area contributed by atoms with E-state index < -0.39 is 0 Å². The van der Waals surface area contributed by atoms with Gasteiger partial charge in [-0.25, -0.2) is 0 Å². The zero-order chi connectivity index (χ0) is 14.9. The van der Waals surface area contributed by atoms with Crippen LogP contribution in [0.1, 0.15) is 44.5 Å². The predicted octanol–water partition coefficient (Wildman–Crippen LogP) is 5.32. The molecule has 0 fully saturated rings. The fourth-order valence-electron chi connectivity index (χ4n) is 3.04. The summed E-state index contributed by atoms with van der Waals surface area (Å²) in [6.45, 7) is 13.3. The van der Waals surface area contributed by atoms with Gasteiger partial charge in [0.05, 0.1) is 0 Å². The van der Waals surface area contributed by atoms with Gasteiger partial charge in [0.15, 0.2) is 0 Å². The van der Waals surface area contributed by atoms with E-state index in [0.29, 0.717) is 0 Å². The maximum Gasteiger partial charge on any atom is -0.0235 e. The van der Waals surface area contributed by atoms with E-state index in [1.165, 1.54) is 44.5 Å². The molecule has 0 saturated carbocycles. The molecule has 0 bridgehead atoms. The van der Waals surface area contributed by atoms with Crippen molar-refractivity contribution in [2.24, 2.45) is 0 Å². The quantitative estimate of drug-likeness (QED) is 0.705. The highest BCUT2D eigenvalue weighted by molar-refractivity contribution is 5.40. The van der Waals surface area contributed by atoms with Crippen molar-refractivity contribution in [2.75, 3.05) is 0 Å². The molecule has 0 aliphatic carbocycles. The molecule has 2 aromatic carbocycles. The lowest BCUT2D eigenvalue weighted by atomic mass is 9.92. The number of hydrogen-bond acceptors (Lipinski definition) is 0. The predicted molar refractivity (Wildman–Crippen MR) is 88.7 cm³/mol. The van der Waals surface area contributed by atoms with Crippen molar-refractivity contribution in [1.82, 2.24) is 0 Å². The summed E-state index contributed by atoms with van der Waals surface area (Å²) in [4.78, 5) is 0. The van der Waals surface area contributed by atoms with Crippen LogP contribution in [0.3, 0.4) is 0 Å². The first-order valence-corrected chi connectivity index (χ1v) is 7.52. The number of hydrogen-bond donors (Lipinski definition) is 0. The Morgan fingerprint density at radius 3 is 1.25 bits per heavy atom. The summed E-state index contributed by atoms with van der Waals surface area (Å²) in [5, 5.41) is 0. The summed E-state index contributed by atoms with van der Waals surface area (Å²) in [6.07, 6.45) is 2.27. The Morgan fingerprint density at radius 1 is 0.550 bits per heavy atom. The maximum absolute atomic E-state index is 2.35. The van der Waals surface area contributed by atoms with Crippen molar-refractivity contribution in [1.29, 1.82) is 0 Å². The molecule has 0 heteroatoms. The van der Waals surface area contributed by atoms with Crippen molar-refractivity contribution >= 4 is 0 Å². The second-order valence-corrected chi connectivity index (χ2v) is 6.23. The largest absolute Gasteiger partial charge is 0.0561 e. The van der Waals surface area contributed by atoms with Gasteiger partial charge < -0.3 is 0 Å². The van der Waals surface area contributed by atoms with Gasteiger partial charge in [0.1, 0.15) is 0 Å². The zero-order valence-corrected chi connectivity index (χ0v) is 13.7. The molecular formula is C20H26. The monoisotopic (exact) mass is 266 g/mol. The third kappa shape index (κ3) is 3.12. The summed E-state index contributed by atoms with van der Waals surface area (Å²) in [6, 6.07) is 9.25. The van der Waals surface area contributed by atoms with Crippen molar-refractivity contribution in [2.45, 2.75) is 54.4 Å². The normalized spacial score (nSPS) is 10.9. The molecule has 0 radical (unpaired) electrons. The van der Waals surface area contributed by atoms with Gasteiger partial charge in [-0.1, -0.05) is 35.4 Å². The molecule has 0 heterocycles. The Labute approximate surface area is 123 Å². The van der Waals surface area contributed by atoms with Crippen molar-refractivity contribution < 1.29 is 0 Å². The minimum Gasteiger partial charge on any atom is -0.0561 e. The molecule has 0 saturated heterocycles. The first kappa shape index (κ1) is 14.8. The van der Waals surface area contributed by atoms with Crippen molar-refractivity contribution in [3.05, 3.63) is 68.8 Å². The molecule has 2 aromatic rings. The maximum atomic E-state index is 2.35. The lowest BCUT2D eigenvalue weighted by molar-refractivity contribution is 0.927. The topological polar surface area (TPSA) is 0 Å². The lowest BCUT2D eigenvalue weighted by Crippen LogP contribution is -2.00. The second kappa shape index (κ2) is 5.83. The summed E-state index contributed by atoms with van der Waals surface area (Å²) < 4.78 is 0. The van der Waals surface area contributed by atoms with Gasteiger partial charge in [-0.15, -0.1) is 0 Å². The molecule has 0 amide bonds. The van der Waals surface area contributed by atoms with Gasteiger partial charge in [-0.3, -0.25) is 0 Å². The number of aryl methyl sites for hydroxylation is 6. The van der Waals surface area contributed by atoms with E-state index in [2.05, 4.69) is 65.8 Å². The Balaban J connectivity index is 2.26. The SMILES string of the molecule is Cc1cc(C)c(C)c(CCc2cc(C)cc(C)c2C)c1. The van der Waals surface area contributed by atoms with Gasteiger partial charge in [0, 0.05) is 0 Å². The van der Waals surface area contributed by atoms with Crippen LogP contribution >= 0.6 is 0 Å². The zero-order valence-electron chi connectivity index (χ0n) is 13.7. The Kier molecular flexibility index (Phi) is 4.32. The third-order valence-electron chi connectivity index (χ3n) is 4.50. The smallest absolute Gasteiger partial charge is 0.0235 e. The van der Waals surface area contributed by atoms with Crippen LogP contribution in [0, 0.1) is 41.5 Å². The number of rotatable bonds is 3.